The third-order valence-corrected chi connectivity index (χ3v) is 3.72. The van der Waals surface area contributed by atoms with Crippen molar-refractivity contribution in [1.82, 2.24) is 4.57 Å². The van der Waals surface area contributed by atoms with Crippen molar-refractivity contribution in [3.8, 4) is 0 Å². The zero-order chi connectivity index (χ0) is 14.4. The Kier molecular flexibility index (Phi) is 3.30. The average Bonchev–Trinajstić information content (AvgIpc) is 2.47. The molecule has 1 aliphatic heterocycles. The van der Waals surface area contributed by atoms with Crippen LogP contribution in [-0.4, -0.2) is 22.9 Å². The molecular formula is C12H16BF2NO3. The van der Waals surface area contributed by atoms with E-state index in [0.29, 0.717) is 4.57 Å². The Morgan fingerprint density at radius 3 is 2.21 bits per heavy atom. The summed E-state index contributed by atoms with van der Waals surface area (Å²) in [4.78, 5) is 11.9. The highest BCUT2D eigenvalue weighted by Crippen LogP contribution is 2.36. The van der Waals surface area contributed by atoms with Crippen LogP contribution in [0.15, 0.2) is 23.1 Å². The van der Waals surface area contributed by atoms with Crippen molar-refractivity contribution in [1.29, 1.82) is 0 Å². The maximum atomic E-state index is 12.7. The second-order valence-electron chi connectivity index (χ2n) is 5.54. The fraction of sp³-hybridized carbons (Fsp3) is 0.583. The maximum absolute atomic E-state index is 12.7. The largest absolute Gasteiger partial charge is 0.500 e. The number of nitrogens with zero attached hydrogens (tertiary/aromatic N) is 1. The van der Waals surface area contributed by atoms with Gasteiger partial charge in [-0.15, -0.1) is 0 Å². The Bertz CT molecular complexity index is 526. The Balaban J connectivity index is 2.41. The first kappa shape index (κ1) is 14.2. The second-order valence-corrected chi connectivity index (χ2v) is 5.54. The van der Waals surface area contributed by atoms with E-state index in [9.17, 15) is 13.6 Å². The molecule has 1 aromatic heterocycles. The van der Waals surface area contributed by atoms with Crippen LogP contribution in [0.5, 0.6) is 0 Å². The highest BCUT2D eigenvalue weighted by molar-refractivity contribution is 6.61. The van der Waals surface area contributed by atoms with E-state index in [1.807, 2.05) is 27.7 Å². The quantitative estimate of drug-likeness (QED) is 0.766. The minimum atomic E-state index is -2.88. The lowest BCUT2D eigenvalue weighted by molar-refractivity contribution is 0.00578. The fourth-order valence-electron chi connectivity index (χ4n) is 1.83. The smallest absolute Gasteiger partial charge is 0.399 e. The lowest BCUT2D eigenvalue weighted by Crippen LogP contribution is -2.47. The van der Waals surface area contributed by atoms with Gasteiger partial charge in [0, 0.05) is 11.7 Å². The van der Waals surface area contributed by atoms with E-state index in [0.717, 1.165) is 6.20 Å². The van der Waals surface area contributed by atoms with Gasteiger partial charge in [0.2, 0.25) is 0 Å². The Labute approximate surface area is 110 Å². The number of halogens is 2. The third kappa shape index (κ3) is 2.32. The van der Waals surface area contributed by atoms with Crippen LogP contribution in [0, 0.1) is 0 Å². The summed E-state index contributed by atoms with van der Waals surface area (Å²) in [5.74, 6) is 0. The molecule has 1 aliphatic rings. The molecule has 0 bridgehead atoms. The number of rotatable bonds is 2. The molecule has 0 aliphatic carbocycles. The van der Waals surface area contributed by atoms with E-state index in [2.05, 4.69) is 0 Å². The van der Waals surface area contributed by atoms with E-state index in [4.69, 9.17) is 9.31 Å². The average molecular weight is 271 g/mol. The summed E-state index contributed by atoms with van der Waals surface area (Å²) in [7, 11) is -0.927. The van der Waals surface area contributed by atoms with Gasteiger partial charge in [-0.25, -0.2) is 0 Å². The summed E-state index contributed by atoms with van der Waals surface area (Å²) in [5, 5.41) is 0. The zero-order valence-corrected chi connectivity index (χ0v) is 11.3. The van der Waals surface area contributed by atoms with Crippen LogP contribution >= 0.6 is 0 Å². The molecule has 0 N–H and O–H groups in total. The van der Waals surface area contributed by atoms with Crippen LogP contribution in [0.4, 0.5) is 8.78 Å². The predicted octanol–water partition coefficient (Wildman–Crippen LogP) is 1.54. The van der Waals surface area contributed by atoms with Crippen molar-refractivity contribution in [2.45, 2.75) is 45.4 Å². The molecule has 2 rings (SSSR count). The Hall–Kier alpha value is -1.21. The van der Waals surface area contributed by atoms with Crippen LogP contribution in [0.1, 0.15) is 34.2 Å². The van der Waals surface area contributed by atoms with Gasteiger partial charge in [-0.3, -0.25) is 9.36 Å². The first-order valence-electron chi connectivity index (χ1n) is 6.00. The van der Waals surface area contributed by atoms with Crippen LogP contribution in [-0.2, 0) is 9.31 Å². The molecule has 1 aromatic rings. The van der Waals surface area contributed by atoms with Gasteiger partial charge in [0.15, 0.2) is 0 Å². The van der Waals surface area contributed by atoms with Gasteiger partial charge in [-0.2, -0.15) is 8.78 Å². The topological polar surface area (TPSA) is 40.5 Å². The molecule has 0 unspecified atom stereocenters. The molecular weight excluding hydrogens is 255 g/mol. The molecule has 0 saturated carbocycles. The van der Waals surface area contributed by atoms with Gasteiger partial charge in [0.25, 0.3) is 5.56 Å². The first-order valence-corrected chi connectivity index (χ1v) is 6.00. The summed E-state index contributed by atoms with van der Waals surface area (Å²) < 4.78 is 37.1. The van der Waals surface area contributed by atoms with Crippen molar-refractivity contribution in [2.75, 3.05) is 0 Å². The number of hydrogen-bond donors (Lipinski definition) is 0. The van der Waals surface area contributed by atoms with Crippen molar-refractivity contribution in [3.63, 3.8) is 0 Å². The van der Waals surface area contributed by atoms with E-state index in [1.54, 1.807) is 0 Å². The maximum Gasteiger partial charge on any atom is 0.500 e. The van der Waals surface area contributed by atoms with Gasteiger partial charge in [-0.1, -0.05) is 6.07 Å². The molecule has 0 atom stereocenters. The van der Waals surface area contributed by atoms with Gasteiger partial charge in [0.1, 0.15) is 0 Å². The molecule has 7 heteroatoms. The number of pyridine rings is 1. The highest BCUT2D eigenvalue weighted by atomic mass is 19.3. The Morgan fingerprint density at radius 1 is 1.21 bits per heavy atom. The minimum Gasteiger partial charge on any atom is -0.399 e. The summed E-state index contributed by atoms with van der Waals surface area (Å²) in [6, 6.07) is 2.83. The van der Waals surface area contributed by atoms with Crippen LogP contribution in [0.3, 0.4) is 0 Å². The van der Waals surface area contributed by atoms with Crippen molar-refractivity contribution in [2.24, 2.45) is 0 Å². The third-order valence-electron chi connectivity index (χ3n) is 3.72. The minimum absolute atomic E-state index is 0.0847. The van der Waals surface area contributed by atoms with E-state index in [-0.39, 0.29) is 5.46 Å². The lowest BCUT2D eigenvalue weighted by Gasteiger charge is -2.32. The van der Waals surface area contributed by atoms with Gasteiger partial charge < -0.3 is 9.31 Å². The van der Waals surface area contributed by atoms with Gasteiger partial charge in [-0.05, 0) is 33.8 Å². The van der Waals surface area contributed by atoms with Crippen molar-refractivity contribution < 1.29 is 18.1 Å². The summed E-state index contributed by atoms with van der Waals surface area (Å²) >= 11 is 0. The monoisotopic (exact) mass is 271 g/mol. The summed E-state index contributed by atoms with van der Waals surface area (Å²) in [6.45, 7) is 4.46. The normalized spacial score (nSPS) is 21.1. The number of alkyl halides is 2. The molecule has 0 spiro atoms. The van der Waals surface area contributed by atoms with Crippen LogP contribution < -0.4 is 11.0 Å². The van der Waals surface area contributed by atoms with Crippen LogP contribution in [0.2, 0.25) is 0 Å². The van der Waals surface area contributed by atoms with Crippen molar-refractivity contribution in [3.05, 3.63) is 28.7 Å². The molecule has 1 saturated heterocycles. The Morgan fingerprint density at radius 2 is 1.74 bits per heavy atom. The van der Waals surface area contributed by atoms with E-state index >= 15 is 0 Å². The standard InChI is InChI=1S/C12H16BF2NO3/c1-11(2)12(3,4)19-13(18-11)8-6-5-7-16(9(8)17)10(14)15/h5-7,10H,1-4H3. The number of aromatic nitrogens is 1. The van der Waals surface area contributed by atoms with Crippen LogP contribution in [0.25, 0.3) is 0 Å². The SMILES string of the molecule is CC1(C)OB(c2cccn(C(F)F)c2=O)OC1(C)C. The zero-order valence-electron chi connectivity index (χ0n) is 11.3. The lowest BCUT2D eigenvalue weighted by atomic mass is 9.80. The van der Waals surface area contributed by atoms with E-state index < -0.39 is 30.4 Å². The first-order chi connectivity index (χ1) is 8.66. The van der Waals surface area contributed by atoms with Gasteiger partial charge >= 0.3 is 13.7 Å². The number of hydrogen-bond acceptors (Lipinski definition) is 3. The summed E-state index contributed by atoms with van der Waals surface area (Å²) in [5.41, 5.74) is -1.94. The molecule has 2 heterocycles. The highest BCUT2D eigenvalue weighted by Gasteiger charge is 2.52. The van der Waals surface area contributed by atoms with E-state index in [1.165, 1.54) is 12.1 Å². The molecule has 1 fully saturated rings. The molecule has 104 valence electrons. The molecule has 0 aromatic carbocycles. The fourth-order valence-corrected chi connectivity index (χ4v) is 1.83. The predicted molar refractivity (Wildman–Crippen MR) is 67.7 cm³/mol. The molecule has 0 radical (unpaired) electrons. The second kappa shape index (κ2) is 4.42. The van der Waals surface area contributed by atoms with Crippen molar-refractivity contribution >= 4 is 12.6 Å². The van der Waals surface area contributed by atoms with Gasteiger partial charge in [0.05, 0.1) is 11.2 Å². The molecule has 4 nitrogen and oxygen atoms in total. The molecule has 0 amide bonds. The molecule has 19 heavy (non-hydrogen) atoms. The summed E-state index contributed by atoms with van der Waals surface area (Å²) in [6.07, 6.45) is 1.04.